The van der Waals surface area contributed by atoms with Crippen molar-refractivity contribution in [1.82, 2.24) is 10.6 Å². The summed E-state index contributed by atoms with van der Waals surface area (Å²) in [6.07, 6.45) is -3.63. The Morgan fingerprint density at radius 1 is 1.53 bits per heavy atom. The lowest BCUT2D eigenvalue weighted by Gasteiger charge is -2.13. The van der Waals surface area contributed by atoms with Crippen LogP contribution in [-0.4, -0.2) is 31.2 Å². The monoisotopic (exact) mass is 224 g/mol. The van der Waals surface area contributed by atoms with Gasteiger partial charge in [0.25, 0.3) is 0 Å². The molecule has 0 rings (SSSR count). The minimum Gasteiger partial charge on any atom is -0.351 e. The van der Waals surface area contributed by atoms with Crippen molar-refractivity contribution in [1.29, 1.82) is 0 Å². The quantitative estimate of drug-likeness (QED) is 0.666. The van der Waals surface area contributed by atoms with E-state index >= 15 is 0 Å². The number of halogens is 3. The van der Waals surface area contributed by atoms with E-state index in [1.165, 1.54) is 13.0 Å². The van der Waals surface area contributed by atoms with Crippen LogP contribution in [0.5, 0.6) is 0 Å². The zero-order valence-corrected chi connectivity index (χ0v) is 8.53. The smallest absolute Gasteiger partial charge is 0.351 e. The number of carbonyl (C=O) groups is 1. The summed E-state index contributed by atoms with van der Waals surface area (Å²) in [4.78, 5) is 11.2. The molecule has 0 aliphatic carbocycles. The second kappa shape index (κ2) is 6.44. The zero-order chi connectivity index (χ0) is 11.9. The molecule has 1 amide bonds. The van der Waals surface area contributed by atoms with E-state index < -0.39 is 18.6 Å². The molecule has 0 saturated carbocycles. The topological polar surface area (TPSA) is 41.1 Å². The van der Waals surface area contributed by atoms with Crippen molar-refractivity contribution >= 4 is 5.91 Å². The summed E-state index contributed by atoms with van der Waals surface area (Å²) in [6.45, 7) is 4.96. The highest BCUT2D eigenvalue weighted by Gasteiger charge is 2.26. The van der Waals surface area contributed by atoms with E-state index in [4.69, 9.17) is 0 Å². The summed E-state index contributed by atoms with van der Waals surface area (Å²) in [5, 5.41) is 4.96. The SMILES string of the molecule is C=CCNC(=O)C(C)NCCC(F)(F)F. The molecule has 0 aliphatic rings. The van der Waals surface area contributed by atoms with Crippen LogP contribution < -0.4 is 10.6 Å². The van der Waals surface area contributed by atoms with Crippen LogP contribution >= 0.6 is 0 Å². The van der Waals surface area contributed by atoms with Crippen LogP contribution in [0.15, 0.2) is 12.7 Å². The number of hydrogen-bond donors (Lipinski definition) is 2. The molecule has 0 fully saturated rings. The van der Waals surface area contributed by atoms with E-state index in [0.29, 0.717) is 6.54 Å². The van der Waals surface area contributed by atoms with E-state index in [1.54, 1.807) is 0 Å². The van der Waals surface area contributed by atoms with Gasteiger partial charge in [0, 0.05) is 13.1 Å². The van der Waals surface area contributed by atoms with E-state index in [-0.39, 0.29) is 12.5 Å². The lowest BCUT2D eigenvalue weighted by atomic mass is 10.3. The van der Waals surface area contributed by atoms with Gasteiger partial charge in [-0.2, -0.15) is 13.2 Å². The average molecular weight is 224 g/mol. The summed E-state index contributed by atoms with van der Waals surface area (Å²) in [5.74, 6) is -0.336. The van der Waals surface area contributed by atoms with Gasteiger partial charge in [-0.05, 0) is 6.92 Å². The van der Waals surface area contributed by atoms with Crippen molar-refractivity contribution < 1.29 is 18.0 Å². The Morgan fingerprint density at radius 2 is 2.13 bits per heavy atom. The molecule has 1 unspecified atom stereocenters. The highest BCUT2D eigenvalue weighted by Crippen LogP contribution is 2.18. The Bertz CT molecular complexity index is 216. The lowest BCUT2D eigenvalue weighted by molar-refractivity contribution is -0.135. The minimum atomic E-state index is -4.19. The Kier molecular flexibility index (Phi) is 6.00. The Balaban J connectivity index is 3.68. The molecule has 88 valence electrons. The number of alkyl halides is 3. The molecule has 0 spiro atoms. The third-order valence-corrected chi connectivity index (χ3v) is 1.67. The lowest BCUT2D eigenvalue weighted by Crippen LogP contribution is -2.43. The molecule has 0 aliphatic heterocycles. The molecule has 0 aromatic heterocycles. The number of carbonyl (C=O) groups excluding carboxylic acids is 1. The van der Waals surface area contributed by atoms with Crippen molar-refractivity contribution in [2.45, 2.75) is 25.6 Å². The molecular weight excluding hydrogens is 209 g/mol. The second-order valence-electron chi connectivity index (χ2n) is 3.07. The first-order valence-electron chi connectivity index (χ1n) is 4.55. The molecule has 0 heterocycles. The van der Waals surface area contributed by atoms with E-state index in [1.807, 2.05) is 0 Å². The maximum Gasteiger partial charge on any atom is 0.390 e. The third kappa shape index (κ3) is 7.99. The summed E-state index contributed by atoms with van der Waals surface area (Å²) < 4.78 is 35.3. The first-order valence-corrected chi connectivity index (χ1v) is 4.55. The van der Waals surface area contributed by atoms with Crippen LogP contribution in [0, 0.1) is 0 Å². The van der Waals surface area contributed by atoms with Gasteiger partial charge >= 0.3 is 6.18 Å². The molecule has 2 N–H and O–H groups in total. The Morgan fingerprint density at radius 3 is 2.60 bits per heavy atom. The van der Waals surface area contributed by atoms with Crippen molar-refractivity contribution in [2.24, 2.45) is 0 Å². The summed E-state index contributed by atoms with van der Waals surface area (Å²) >= 11 is 0. The Hall–Kier alpha value is -1.04. The average Bonchev–Trinajstić information content (AvgIpc) is 2.11. The van der Waals surface area contributed by atoms with E-state index in [2.05, 4.69) is 17.2 Å². The molecule has 0 bridgehead atoms. The molecule has 1 atom stereocenters. The third-order valence-electron chi connectivity index (χ3n) is 1.67. The van der Waals surface area contributed by atoms with Crippen LogP contribution in [0.2, 0.25) is 0 Å². The minimum absolute atomic E-state index is 0.258. The normalized spacial score (nSPS) is 13.3. The second-order valence-corrected chi connectivity index (χ2v) is 3.07. The fourth-order valence-electron chi connectivity index (χ4n) is 0.849. The van der Waals surface area contributed by atoms with Gasteiger partial charge in [0.05, 0.1) is 12.5 Å². The summed E-state index contributed by atoms with van der Waals surface area (Å²) in [6, 6.07) is -0.632. The van der Waals surface area contributed by atoms with Gasteiger partial charge in [0.15, 0.2) is 0 Å². The number of rotatable bonds is 6. The number of amides is 1. The van der Waals surface area contributed by atoms with Gasteiger partial charge in [0.1, 0.15) is 0 Å². The highest BCUT2D eigenvalue weighted by molar-refractivity contribution is 5.81. The van der Waals surface area contributed by atoms with E-state index in [9.17, 15) is 18.0 Å². The fraction of sp³-hybridized carbons (Fsp3) is 0.667. The van der Waals surface area contributed by atoms with Gasteiger partial charge in [-0.15, -0.1) is 6.58 Å². The summed E-state index contributed by atoms with van der Waals surface area (Å²) in [5.41, 5.74) is 0. The van der Waals surface area contributed by atoms with Gasteiger partial charge < -0.3 is 10.6 Å². The molecule has 0 radical (unpaired) electrons. The van der Waals surface area contributed by atoms with Gasteiger partial charge in [-0.1, -0.05) is 6.08 Å². The first-order chi connectivity index (χ1) is 6.87. The van der Waals surface area contributed by atoms with E-state index in [0.717, 1.165) is 0 Å². The molecule has 6 heteroatoms. The zero-order valence-electron chi connectivity index (χ0n) is 8.53. The van der Waals surface area contributed by atoms with Crippen molar-refractivity contribution in [3.63, 3.8) is 0 Å². The van der Waals surface area contributed by atoms with Crippen molar-refractivity contribution in [3.8, 4) is 0 Å². The molecule has 0 aromatic carbocycles. The van der Waals surface area contributed by atoms with Crippen LogP contribution in [-0.2, 0) is 4.79 Å². The maximum absolute atomic E-state index is 11.8. The standard InChI is InChI=1S/C9H15F3N2O/c1-3-5-14-8(15)7(2)13-6-4-9(10,11)12/h3,7,13H,1,4-6H2,2H3,(H,14,15). The van der Waals surface area contributed by atoms with Gasteiger partial charge in [-0.25, -0.2) is 0 Å². The Labute approximate surface area is 86.7 Å². The number of hydrogen-bond acceptors (Lipinski definition) is 2. The molecule has 0 aromatic rings. The van der Waals surface area contributed by atoms with Crippen LogP contribution in [0.4, 0.5) is 13.2 Å². The maximum atomic E-state index is 11.8. The van der Waals surface area contributed by atoms with Crippen LogP contribution in [0.25, 0.3) is 0 Å². The van der Waals surface area contributed by atoms with Crippen LogP contribution in [0.1, 0.15) is 13.3 Å². The molecule has 15 heavy (non-hydrogen) atoms. The highest BCUT2D eigenvalue weighted by atomic mass is 19.4. The molecule has 0 saturated heterocycles. The first kappa shape index (κ1) is 14.0. The number of nitrogens with one attached hydrogen (secondary N) is 2. The summed E-state index contributed by atoms with van der Waals surface area (Å²) in [7, 11) is 0. The predicted octanol–water partition coefficient (Wildman–Crippen LogP) is 1.22. The van der Waals surface area contributed by atoms with Gasteiger partial charge in [0.2, 0.25) is 5.91 Å². The largest absolute Gasteiger partial charge is 0.390 e. The predicted molar refractivity (Wildman–Crippen MR) is 51.3 cm³/mol. The van der Waals surface area contributed by atoms with Crippen LogP contribution in [0.3, 0.4) is 0 Å². The van der Waals surface area contributed by atoms with Gasteiger partial charge in [-0.3, -0.25) is 4.79 Å². The van der Waals surface area contributed by atoms with Crippen molar-refractivity contribution in [2.75, 3.05) is 13.1 Å². The van der Waals surface area contributed by atoms with Crippen molar-refractivity contribution in [3.05, 3.63) is 12.7 Å². The molecule has 3 nitrogen and oxygen atoms in total. The fourth-order valence-corrected chi connectivity index (χ4v) is 0.849. The molecular formula is C9H15F3N2O.